The molecule has 1 aliphatic rings. The largest absolute Gasteiger partial charge is 0.394 e. The molecule has 78 valence electrons. The Morgan fingerprint density at radius 1 is 1.54 bits per heavy atom. The third-order valence-electron chi connectivity index (χ3n) is 2.60. The van der Waals surface area contributed by atoms with Crippen LogP contribution in [-0.2, 0) is 4.74 Å². The maximum Gasteiger partial charge on any atom is 0.109 e. The standard InChI is InChI=1S/C9H18O4/c1-3-7-8(11)9(2,12)4-6(5-10)13-7/h6-8,10-12H,3-5H2,1-2H3/t6-,7-,8-,9?/m1/s1. The number of rotatable bonds is 2. The van der Waals surface area contributed by atoms with Gasteiger partial charge in [0.2, 0.25) is 0 Å². The Kier molecular flexibility index (Phi) is 3.29. The predicted molar refractivity (Wildman–Crippen MR) is 47.3 cm³/mol. The SMILES string of the molecule is CC[C@H]1O[C@@H](CO)CC(C)(O)[C@@H]1O. The Morgan fingerprint density at radius 2 is 2.15 bits per heavy atom. The van der Waals surface area contributed by atoms with Gasteiger partial charge in [-0.25, -0.2) is 0 Å². The van der Waals surface area contributed by atoms with E-state index in [4.69, 9.17) is 9.84 Å². The third-order valence-corrected chi connectivity index (χ3v) is 2.60. The zero-order chi connectivity index (χ0) is 10.1. The fourth-order valence-electron chi connectivity index (χ4n) is 1.78. The van der Waals surface area contributed by atoms with Gasteiger partial charge in [0.15, 0.2) is 0 Å². The zero-order valence-corrected chi connectivity index (χ0v) is 8.10. The van der Waals surface area contributed by atoms with E-state index in [0.29, 0.717) is 6.42 Å². The normalized spacial score (nSPS) is 46.4. The van der Waals surface area contributed by atoms with Crippen molar-refractivity contribution in [1.29, 1.82) is 0 Å². The van der Waals surface area contributed by atoms with Gasteiger partial charge in [-0.05, 0) is 13.3 Å². The second-order valence-electron chi connectivity index (χ2n) is 3.89. The number of aliphatic hydroxyl groups excluding tert-OH is 2. The van der Waals surface area contributed by atoms with E-state index in [0.717, 1.165) is 0 Å². The summed E-state index contributed by atoms with van der Waals surface area (Å²) >= 11 is 0. The topological polar surface area (TPSA) is 69.9 Å². The summed E-state index contributed by atoms with van der Waals surface area (Å²) in [4.78, 5) is 0. The van der Waals surface area contributed by atoms with Crippen molar-refractivity contribution < 1.29 is 20.1 Å². The highest BCUT2D eigenvalue weighted by molar-refractivity contribution is 4.93. The second kappa shape index (κ2) is 3.92. The van der Waals surface area contributed by atoms with E-state index in [-0.39, 0.29) is 25.2 Å². The Morgan fingerprint density at radius 3 is 2.62 bits per heavy atom. The quantitative estimate of drug-likeness (QED) is 0.557. The van der Waals surface area contributed by atoms with Crippen LogP contribution in [0.2, 0.25) is 0 Å². The van der Waals surface area contributed by atoms with E-state index in [2.05, 4.69) is 0 Å². The Labute approximate surface area is 78.1 Å². The van der Waals surface area contributed by atoms with Crippen LogP contribution in [0.25, 0.3) is 0 Å². The van der Waals surface area contributed by atoms with Gasteiger partial charge in [-0.15, -0.1) is 0 Å². The molecule has 13 heavy (non-hydrogen) atoms. The van der Waals surface area contributed by atoms with E-state index in [1.54, 1.807) is 6.92 Å². The minimum atomic E-state index is -1.15. The minimum absolute atomic E-state index is 0.112. The first-order valence-electron chi connectivity index (χ1n) is 4.68. The molecule has 0 aromatic rings. The van der Waals surface area contributed by atoms with E-state index in [1.807, 2.05) is 6.92 Å². The van der Waals surface area contributed by atoms with Crippen LogP contribution in [0.15, 0.2) is 0 Å². The van der Waals surface area contributed by atoms with Crippen molar-refractivity contribution >= 4 is 0 Å². The number of ether oxygens (including phenoxy) is 1. The maximum absolute atomic E-state index is 9.80. The first-order valence-corrected chi connectivity index (χ1v) is 4.68. The highest BCUT2D eigenvalue weighted by Gasteiger charge is 2.43. The lowest BCUT2D eigenvalue weighted by Gasteiger charge is -2.42. The molecule has 0 bridgehead atoms. The van der Waals surface area contributed by atoms with Crippen molar-refractivity contribution in [2.45, 2.75) is 50.6 Å². The van der Waals surface area contributed by atoms with Crippen molar-refractivity contribution in [2.24, 2.45) is 0 Å². The summed E-state index contributed by atoms with van der Waals surface area (Å²) in [6.07, 6.45) is -0.681. The molecule has 0 saturated carbocycles. The molecule has 4 atom stereocenters. The van der Waals surface area contributed by atoms with Gasteiger partial charge in [-0.1, -0.05) is 6.92 Å². The molecular formula is C9H18O4. The van der Waals surface area contributed by atoms with E-state index in [1.165, 1.54) is 0 Å². The fourth-order valence-corrected chi connectivity index (χ4v) is 1.78. The summed E-state index contributed by atoms with van der Waals surface area (Å²) in [5.74, 6) is 0. The fraction of sp³-hybridized carbons (Fsp3) is 1.00. The van der Waals surface area contributed by atoms with Crippen molar-refractivity contribution in [2.75, 3.05) is 6.61 Å². The summed E-state index contributed by atoms with van der Waals surface area (Å²) < 4.78 is 5.37. The molecule has 1 rings (SSSR count). The molecule has 3 N–H and O–H groups in total. The van der Waals surface area contributed by atoms with Crippen molar-refractivity contribution in [3.63, 3.8) is 0 Å². The minimum Gasteiger partial charge on any atom is -0.394 e. The second-order valence-corrected chi connectivity index (χ2v) is 3.89. The maximum atomic E-state index is 9.80. The monoisotopic (exact) mass is 190 g/mol. The summed E-state index contributed by atoms with van der Waals surface area (Å²) in [5.41, 5.74) is -1.15. The number of hydrogen-bond acceptors (Lipinski definition) is 4. The summed E-state index contributed by atoms with van der Waals surface area (Å²) in [7, 11) is 0. The summed E-state index contributed by atoms with van der Waals surface area (Å²) in [5, 5.41) is 28.4. The summed E-state index contributed by atoms with van der Waals surface area (Å²) in [6.45, 7) is 3.34. The van der Waals surface area contributed by atoms with Gasteiger partial charge < -0.3 is 20.1 Å². The average molecular weight is 190 g/mol. The molecule has 0 aromatic heterocycles. The molecule has 1 aliphatic heterocycles. The van der Waals surface area contributed by atoms with Crippen LogP contribution in [0.3, 0.4) is 0 Å². The first kappa shape index (κ1) is 10.9. The molecular weight excluding hydrogens is 172 g/mol. The molecule has 0 amide bonds. The van der Waals surface area contributed by atoms with Gasteiger partial charge >= 0.3 is 0 Å². The molecule has 0 aliphatic carbocycles. The molecule has 1 unspecified atom stereocenters. The van der Waals surface area contributed by atoms with E-state index in [9.17, 15) is 10.2 Å². The van der Waals surface area contributed by atoms with Gasteiger partial charge in [0.05, 0.1) is 24.4 Å². The molecule has 0 radical (unpaired) electrons. The van der Waals surface area contributed by atoms with Crippen LogP contribution in [0.5, 0.6) is 0 Å². The Hall–Kier alpha value is -0.160. The van der Waals surface area contributed by atoms with Crippen LogP contribution in [0.4, 0.5) is 0 Å². The predicted octanol–water partition coefficient (Wildman–Crippen LogP) is -0.342. The molecule has 0 aromatic carbocycles. The first-order chi connectivity index (χ1) is 6.01. The molecule has 4 heteroatoms. The highest BCUT2D eigenvalue weighted by Crippen LogP contribution is 2.30. The van der Waals surface area contributed by atoms with E-state index >= 15 is 0 Å². The zero-order valence-electron chi connectivity index (χ0n) is 8.10. The Bertz CT molecular complexity index is 169. The molecule has 1 fully saturated rings. The lowest BCUT2D eigenvalue weighted by Crippen LogP contribution is -2.56. The summed E-state index contributed by atoms with van der Waals surface area (Å²) in [6, 6.07) is 0. The lowest BCUT2D eigenvalue weighted by molar-refractivity contribution is -0.215. The van der Waals surface area contributed by atoms with Gasteiger partial charge in [0.25, 0.3) is 0 Å². The van der Waals surface area contributed by atoms with Crippen LogP contribution in [0, 0.1) is 0 Å². The highest BCUT2D eigenvalue weighted by atomic mass is 16.5. The van der Waals surface area contributed by atoms with Crippen molar-refractivity contribution in [3.8, 4) is 0 Å². The Balaban J connectivity index is 2.69. The van der Waals surface area contributed by atoms with Crippen LogP contribution < -0.4 is 0 Å². The van der Waals surface area contributed by atoms with Crippen molar-refractivity contribution in [1.82, 2.24) is 0 Å². The van der Waals surface area contributed by atoms with Gasteiger partial charge in [0.1, 0.15) is 6.10 Å². The molecule has 0 spiro atoms. The van der Waals surface area contributed by atoms with Crippen LogP contribution in [-0.4, -0.2) is 45.8 Å². The van der Waals surface area contributed by atoms with Gasteiger partial charge in [-0.3, -0.25) is 0 Å². The van der Waals surface area contributed by atoms with E-state index < -0.39 is 11.7 Å². The number of aliphatic hydroxyl groups is 3. The smallest absolute Gasteiger partial charge is 0.109 e. The van der Waals surface area contributed by atoms with Crippen LogP contribution in [0.1, 0.15) is 26.7 Å². The number of hydrogen-bond donors (Lipinski definition) is 3. The third kappa shape index (κ3) is 2.20. The van der Waals surface area contributed by atoms with Crippen LogP contribution >= 0.6 is 0 Å². The lowest BCUT2D eigenvalue weighted by atomic mass is 9.85. The van der Waals surface area contributed by atoms with Gasteiger partial charge in [-0.2, -0.15) is 0 Å². The molecule has 4 nitrogen and oxygen atoms in total. The van der Waals surface area contributed by atoms with Crippen molar-refractivity contribution in [3.05, 3.63) is 0 Å². The molecule has 1 saturated heterocycles. The molecule has 1 heterocycles. The average Bonchev–Trinajstić information content (AvgIpc) is 2.09. The van der Waals surface area contributed by atoms with Gasteiger partial charge in [0, 0.05) is 6.42 Å².